The van der Waals surface area contributed by atoms with Crippen LogP contribution in [0.3, 0.4) is 0 Å². The minimum atomic E-state index is 0. The number of aryl methyl sites for hydroxylation is 1. The summed E-state index contributed by atoms with van der Waals surface area (Å²) in [6.45, 7) is 1.54. The molecular weight excluding hydrogens is 504 g/mol. The van der Waals surface area contributed by atoms with E-state index in [0.717, 1.165) is 40.5 Å². The highest BCUT2D eigenvalue weighted by Gasteiger charge is 2.08. The van der Waals surface area contributed by atoms with E-state index in [9.17, 15) is 0 Å². The highest BCUT2D eigenvalue weighted by atomic mass is 127. The first kappa shape index (κ1) is 21.2. The average molecular weight is 527 g/mol. The maximum absolute atomic E-state index is 6.05. The van der Waals surface area contributed by atoms with Crippen molar-refractivity contribution in [3.8, 4) is 0 Å². The van der Waals surface area contributed by atoms with Crippen molar-refractivity contribution in [2.75, 3.05) is 20.6 Å². The lowest BCUT2D eigenvalue weighted by molar-refractivity contribution is 0.477. The standard InChI is InChI=1S/C16H21BrClN5.HI/c1-19-16(22(2)10-12-9-21-23(3)11-12)20-7-6-13-8-14(18)4-5-15(13)17;/h4-5,8-9,11H,6-7,10H2,1-3H3,(H,19,20);1H. The van der Waals surface area contributed by atoms with Crippen LogP contribution in [0.2, 0.25) is 5.02 Å². The minimum Gasteiger partial charge on any atom is -0.356 e. The van der Waals surface area contributed by atoms with Crippen LogP contribution in [-0.2, 0) is 20.0 Å². The van der Waals surface area contributed by atoms with E-state index in [1.165, 1.54) is 5.56 Å². The largest absolute Gasteiger partial charge is 0.356 e. The molecule has 0 atom stereocenters. The Balaban J connectivity index is 0.00000288. The third kappa shape index (κ3) is 6.25. The molecule has 24 heavy (non-hydrogen) atoms. The third-order valence-electron chi connectivity index (χ3n) is 3.44. The van der Waals surface area contributed by atoms with Crippen molar-refractivity contribution < 1.29 is 0 Å². The molecule has 2 aromatic rings. The Bertz CT molecular complexity index is 689. The highest BCUT2D eigenvalue weighted by molar-refractivity contribution is 14.0. The molecule has 0 aliphatic rings. The Hall–Kier alpha value is -0.800. The van der Waals surface area contributed by atoms with Gasteiger partial charge < -0.3 is 10.2 Å². The summed E-state index contributed by atoms with van der Waals surface area (Å²) in [7, 11) is 5.72. The van der Waals surface area contributed by atoms with Gasteiger partial charge in [-0.25, -0.2) is 0 Å². The van der Waals surface area contributed by atoms with Crippen molar-refractivity contribution in [3.63, 3.8) is 0 Å². The fourth-order valence-corrected chi connectivity index (χ4v) is 2.97. The summed E-state index contributed by atoms with van der Waals surface area (Å²) in [6.07, 6.45) is 4.74. The van der Waals surface area contributed by atoms with Gasteiger partial charge in [0.1, 0.15) is 0 Å². The van der Waals surface area contributed by atoms with Crippen LogP contribution in [0.4, 0.5) is 0 Å². The molecule has 5 nitrogen and oxygen atoms in total. The lowest BCUT2D eigenvalue weighted by Gasteiger charge is -2.21. The van der Waals surface area contributed by atoms with Gasteiger partial charge in [0.25, 0.3) is 0 Å². The number of hydrogen-bond acceptors (Lipinski definition) is 2. The predicted molar refractivity (Wildman–Crippen MR) is 114 cm³/mol. The second-order valence-corrected chi connectivity index (χ2v) is 6.63. The van der Waals surface area contributed by atoms with Crippen molar-refractivity contribution >= 4 is 57.5 Å². The molecule has 0 spiro atoms. The number of aliphatic imine (C=N–C) groups is 1. The first-order valence-corrected chi connectivity index (χ1v) is 8.50. The van der Waals surface area contributed by atoms with E-state index in [-0.39, 0.29) is 24.0 Å². The molecule has 0 amide bonds. The molecule has 0 radical (unpaired) electrons. The van der Waals surface area contributed by atoms with Crippen LogP contribution in [0.5, 0.6) is 0 Å². The average Bonchev–Trinajstić information content (AvgIpc) is 2.92. The van der Waals surface area contributed by atoms with E-state index in [1.807, 2.05) is 44.7 Å². The van der Waals surface area contributed by atoms with E-state index in [1.54, 1.807) is 11.7 Å². The molecule has 1 heterocycles. The maximum Gasteiger partial charge on any atom is 0.193 e. The van der Waals surface area contributed by atoms with Crippen LogP contribution in [0.1, 0.15) is 11.1 Å². The number of rotatable bonds is 5. The number of aromatic nitrogens is 2. The Labute approximate surface area is 173 Å². The normalized spacial score (nSPS) is 11.1. The molecule has 1 aromatic heterocycles. The van der Waals surface area contributed by atoms with Gasteiger partial charge in [-0.1, -0.05) is 27.5 Å². The Kier molecular flexibility index (Phi) is 9.07. The second kappa shape index (κ2) is 10.2. The predicted octanol–water partition coefficient (Wildman–Crippen LogP) is 3.70. The summed E-state index contributed by atoms with van der Waals surface area (Å²) < 4.78 is 2.87. The lowest BCUT2D eigenvalue weighted by atomic mass is 10.1. The van der Waals surface area contributed by atoms with Gasteiger partial charge >= 0.3 is 0 Å². The van der Waals surface area contributed by atoms with Crippen molar-refractivity contribution in [2.45, 2.75) is 13.0 Å². The fraction of sp³-hybridized carbons (Fsp3) is 0.375. The molecule has 132 valence electrons. The molecule has 0 unspecified atom stereocenters. The summed E-state index contributed by atoms with van der Waals surface area (Å²) in [5, 5.41) is 8.31. The second-order valence-electron chi connectivity index (χ2n) is 5.34. The van der Waals surface area contributed by atoms with Crippen molar-refractivity contribution in [1.29, 1.82) is 0 Å². The zero-order valence-corrected chi connectivity index (χ0v) is 18.6. The van der Waals surface area contributed by atoms with Gasteiger partial charge in [0.2, 0.25) is 0 Å². The number of nitrogens with one attached hydrogen (secondary N) is 1. The van der Waals surface area contributed by atoms with Gasteiger partial charge in [0, 0.05) is 55.5 Å². The lowest BCUT2D eigenvalue weighted by Crippen LogP contribution is -2.39. The van der Waals surface area contributed by atoms with Gasteiger partial charge in [-0.15, -0.1) is 24.0 Å². The molecule has 1 N–H and O–H groups in total. The van der Waals surface area contributed by atoms with E-state index in [0.29, 0.717) is 0 Å². The Morgan fingerprint density at radius 3 is 2.83 bits per heavy atom. The van der Waals surface area contributed by atoms with Crippen molar-refractivity contribution in [1.82, 2.24) is 20.0 Å². The van der Waals surface area contributed by atoms with Crippen molar-refractivity contribution in [2.24, 2.45) is 12.0 Å². The van der Waals surface area contributed by atoms with Crippen LogP contribution >= 0.6 is 51.5 Å². The minimum absolute atomic E-state index is 0. The molecule has 1 aromatic carbocycles. The van der Waals surface area contributed by atoms with Gasteiger partial charge in [-0.3, -0.25) is 9.67 Å². The van der Waals surface area contributed by atoms with Crippen LogP contribution in [0.15, 0.2) is 40.1 Å². The number of nitrogens with zero attached hydrogens (tertiary/aromatic N) is 4. The number of halogens is 3. The van der Waals surface area contributed by atoms with Gasteiger partial charge in [-0.2, -0.15) is 5.10 Å². The molecule has 0 saturated heterocycles. The van der Waals surface area contributed by atoms with Crippen LogP contribution in [0.25, 0.3) is 0 Å². The molecule has 0 bridgehead atoms. The van der Waals surface area contributed by atoms with Crippen molar-refractivity contribution in [3.05, 3.63) is 51.2 Å². The van der Waals surface area contributed by atoms with Gasteiger partial charge in [0.05, 0.1) is 6.20 Å². The molecule has 0 aliphatic carbocycles. The summed E-state index contributed by atoms with van der Waals surface area (Å²) in [5.74, 6) is 0.854. The molecule has 8 heteroatoms. The Morgan fingerprint density at radius 2 is 2.21 bits per heavy atom. The number of guanidine groups is 1. The smallest absolute Gasteiger partial charge is 0.193 e. The molecule has 0 fully saturated rings. The SMILES string of the molecule is CN=C(NCCc1cc(Cl)ccc1Br)N(C)Cc1cnn(C)c1.I. The first-order chi connectivity index (χ1) is 11.0. The molecular formula is C16H22BrClIN5. The van der Waals surface area contributed by atoms with Crippen LogP contribution in [0, 0.1) is 0 Å². The topological polar surface area (TPSA) is 45.5 Å². The zero-order chi connectivity index (χ0) is 16.8. The van der Waals surface area contributed by atoms with E-state index in [4.69, 9.17) is 11.6 Å². The molecule has 0 saturated carbocycles. The highest BCUT2D eigenvalue weighted by Crippen LogP contribution is 2.21. The van der Waals surface area contributed by atoms with E-state index >= 15 is 0 Å². The summed E-state index contributed by atoms with van der Waals surface area (Å²) in [4.78, 5) is 6.40. The fourth-order valence-electron chi connectivity index (χ4n) is 2.33. The summed E-state index contributed by atoms with van der Waals surface area (Å²) >= 11 is 9.60. The van der Waals surface area contributed by atoms with E-state index < -0.39 is 0 Å². The monoisotopic (exact) mass is 525 g/mol. The third-order valence-corrected chi connectivity index (χ3v) is 4.45. The van der Waals surface area contributed by atoms with E-state index in [2.05, 4.69) is 36.2 Å². The first-order valence-electron chi connectivity index (χ1n) is 7.33. The number of benzene rings is 1. The molecule has 2 rings (SSSR count). The quantitative estimate of drug-likeness (QED) is 0.367. The summed E-state index contributed by atoms with van der Waals surface area (Å²) in [6, 6.07) is 5.83. The summed E-state index contributed by atoms with van der Waals surface area (Å²) in [5.41, 5.74) is 2.32. The zero-order valence-electron chi connectivity index (χ0n) is 14.0. The molecule has 0 aliphatic heterocycles. The van der Waals surface area contributed by atoms with Crippen LogP contribution < -0.4 is 5.32 Å². The maximum atomic E-state index is 6.05. The van der Waals surface area contributed by atoms with Gasteiger partial charge in [0.15, 0.2) is 5.96 Å². The van der Waals surface area contributed by atoms with Crippen LogP contribution in [-0.4, -0.2) is 41.3 Å². The number of hydrogen-bond donors (Lipinski definition) is 1. The van der Waals surface area contributed by atoms with Gasteiger partial charge in [-0.05, 0) is 30.2 Å². The Morgan fingerprint density at radius 1 is 1.46 bits per heavy atom.